The highest BCUT2D eigenvalue weighted by Crippen LogP contribution is 2.35. The van der Waals surface area contributed by atoms with Crippen LogP contribution in [0.5, 0.6) is 0 Å². The van der Waals surface area contributed by atoms with E-state index < -0.39 is 0 Å². The van der Waals surface area contributed by atoms with E-state index in [1.165, 1.54) is 0 Å². The first kappa shape index (κ1) is 20.4. The number of likely N-dealkylation sites (tertiary alicyclic amines) is 1. The monoisotopic (exact) mass is 430 g/mol. The standard InChI is InChI=1S/C24H26N6O2/c1-2-30-14-21(19-7-10-25-24-20(19)8-11-26-24)23(28-30)16-3-5-17(6-4-16)27-22(32)15-29-12-9-18(31)13-29/h3-8,10-11,14,18,31H,2,9,12-13,15H2,1H3,(H,25,26)(H,27,32). The number of aryl methyl sites for hydroxylation is 1. The average molecular weight is 431 g/mol. The zero-order chi connectivity index (χ0) is 22.1. The summed E-state index contributed by atoms with van der Waals surface area (Å²) in [5.74, 6) is -0.0746. The van der Waals surface area contributed by atoms with E-state index in [-0.39, 0.29) is 12.0 Å². The average Bonchev–Trinajstić information content (AvgIpc) is 3.53. The third kappa shape index (κ3) is 4.02. The molecule has 1 saturated heterocycles. The maximum absolute atomic E-state index is 12.4. The highest BCUT2D eigenvalue weighted by molar-refractivity contribution is 5.97. The van der Waals surface area contributed by atoms with Crippen molar-refractivity contribution in [2.45, 2.75) is 26.0 Å². The van der Waals surface area contributed by atoms with Gasteiger partial charge in [-0.3, -0.25) is 14.4 Å². The Labute approximate surface area is 185 Å². The largest absolute Gasteiger partial charge is 0.392 e. The summed E-state index contributed by atoms with van der Waals surface area (Å²) in [5, 5.41) is 18.4. The lowest BCUT2D eigenvalue weighted by molar-refractivity contribution is -0.117. The molecule has 3 N–H and O–H groups in total. The Kier molecular flexibility index (Phi) is 5.46. The van der Waals surface area contributed by atoms with Gasteiger partial charge in [-0.05, 0) is 43.2 Å². The number of aliphatic hydroxyl groups excluding tert-OH is 1. The summed E-state index contributed by atoms with van der Waals surface area (Å²) >= 11 is 0. The van der Waals surface area contributed by atoms with Crippen LogP contribution in [0.15, 0.2) is 55.0 Å². The molecule has 4 aromatic rings. The topological polar surface area (TPSA) is 99.1 Å². The Morgan fingerprint density at radius 1 is 1.22 bits per heavy atom. The first-order valence-electron chi connectivity index (χ1n) is 10.9. The molecular formula is C24H26N6O2. The van der Waals surface area contributed by atoms with Crippen LogP contribution in [0.4, 0.5) is 5.69 Å². The van der Waals surface area contributed by atoms with Crippen molar-refractivity contribution in [3.05, 3.63) is 55.0 Å². The molecule has 1 aliphatic heterocycles. The summed E-state index contributed by atoms with van der Waals surface area (Å²) in [7, 11) is 0. The van der Waals surface area contributed by atoms with Crippen LogP contribution in [-0.2, 0) is 11.3 Å². The molecule has 4 heterocycles. The second kappa shape index (κ2) is 8.57. The predicted molar refractivity (Wildman–Crippen MR) is 124 cm³/mol. The van der Waals surface area contributed by atoms with Crippen molar-refractivity contribution in [3.63, 3.8) is 0 Å². The van der Waals surface area contributed by atoms with Crippen LogP contribution < -0.4 is 5.32 Å². The van der Waals surface area contributed by atoms with Crippen molar-refractivity contribution in [2.75, 3.05) is 25.0 Å². The number of nitrogens with one attached hydrogen (secondary N) is 2. The van der Waals surface area contributed by atoms with Crippen LogP contribution >= 0.6 is 0 Å². The Morgan fingerprint density at radius 2 is 2.06 bits per heavy atom. The molecule has 32 heavy (non-hydrogen) atoms. The molecule has 5 rings (SSSR count). The molecule has 1 aliphatic rings. The van der Waals surface area contributed by atoms with Crippen molar-refractivity contribution in [1.82, 2.24) is 24.6 Å². The maximum Gasteiger partial charge on any atom is 0.238 e. The second-order valence-corrected chi connectivity index (χ2v) is 8.15. The first-order valence-corrected chi connectivity index (χ1v) is 10.9. The molecule has 1 unspecified atom stereocenters. The number of hydrogen-bond donors (Lipinski definition) is 3. The lowest BCUT2D eigenvalue weighted by Gasteiger charge is -2.14. The minimum Gasteiger partial charge on any atom is -0.392 e. The van der Waals surface area contributed by atoms with E-state index in [1.54, 1.807) is 6.20 Å². The van der Waals surface area contributed by atoms with Gasteiger partial charge in [-0.25, -0.2) is 4.98 Å². The number of β-amino-alcohol motifs (C(OH)–C–C–N with tert-alkyl or cyclic N) is 1. The van der Waals surface area contributed by atoms with Crippen LogP contribution in [0.25, 0.3) is 33.4 Å². The van der Waals surface area contributed by atoms with Crippen molar-refractivity contribution < 1.29 is 9.90 Å². The third-order valence-electron chi connectivity index (χ3n) is 5.89. The fourth-order valence-corrected chi connectivity index (χ4v) is 4.26. The van der Waals surface area contributed by atoms with E-state index in [0.29, 0.717) is 13.1 Å². The van der Waals surface area contributed by atoms with Gasteiger partial charge in [0.2, 0.25) is 5.91 Å². The molecule has 0 spiro atoms. The number of H-pyrrole nitrogens is 1. The Balaban J connectivity index is 1.39. The van der Waals surface area contributed by atoms with Gasteiger partial charge in [0.1, 0.15) is 11.3 Å². The van der Waals surface area contributed by atoms with Crippen LogP contribution in [0.1, 0.15) is 13.3 Å². The molecule has 164 valence electrons. The van der Waals surface area contributed by atoms with Crippen molar-refractivity contribution in [2.24, 2.45) is 0 Å². The zero-order valence-corrected chi connectivity index (χ0v) is 18.0. The van der Waals surface area contributed by atoms with Gasteiger partial charge >= 0.3 is 0 Å². The molecule has 1 fully saturated rings. The number of aliphatic hydroxyl groups is 1. The summed E-state index contributed by atoms with van der Waals surface area (Å²) < 4.78 is 1.93. The fraction of sp³-hybridized carbons (Fsp3) is 0.292. The lowest BCUT2D eigenvalue weighted by atomic mass is 10.0. The Bertz CT molecular complexity index is 1240. The normalized spacial score (nSPS) is 16.6. The van der Waals surface area contributed by atoms with Crippen molar-refractivity contribution >= 4 is 22.6 Å². The number of aromatic nitrogens is 4. The number of hydrogen-bond acceptors (Lipinski definition) is 5. The minimum atomic E-state index is -0.327. The van der Waals surface area contributed by atoms with Gasteiger partial charge in [0.05, 0.1) is 12.6 Å². The fourth-order valence-electron chi connectivity index (χ4n) is 4.26. The van der Waals surface area contributed by atoms with E-state index >= 15 is 0 Å². The molecule has 1 amide bonds. The minimum absolute atomic E-state index is 0.0746. The summed E-state index contributed by atoms with van der Waals surface area (Å²) in [5.41, 5.74) is 5.59. The number of pyridine rings is 1. The summed E-state index contributed by atoms with van der Waals surface area (Å²) in [6, 6.07) is 11.8. The molecule has 8 nitrogen and oxygen atoms in total. The van der Waals surface area contributed by atoms with E-state index in [9.17, 15) is 9.90 Å². The van der Waals surface area contributed by atoms with Gasteiger partial charge < -0.3 is 15.4 Å². The number of benzene rings is 1. The number of carbonyl (C=O) groups excluding carboxylic acids is 1. The molecule has 0 bridgehead atoms. The van der Waals surface area contributed by atoms with Crippen molar-refractivity contribution in [1.29, 1.82) is 0 Å². The van der Waals surface area contributed by atoms with Gasteiger partial charge in [0, 0.05) is 60.4 Å². The number of aromatic amines is 1. The van der Waals surface area contributed by atoms with Crippen LogP contribution in [0.3, 0.4) is 0 Å². The molecule has 0 radical (unpaired) electrons. The van der Waals surface area contributed by atoms with Gasteiger partial charge in [-0.15, -0.1) is 0 Å². The number of anilines is 1. The number of fused-ring (bicyclic) bond motifs is 1. The number of carbonyl (C=O) groups is 1. The smallest absolute Gasteiger partial charge is 0.238 e. The van der Waals surface area contributed by atoms with Crippen LogP contribution in [0.2, 0.25) is 0 Å². The molecule has 8 heteroatoms. The van der Waals surface area contributed by atoms with Gasteiger partial charge in [-0.1, -0.05) is 12.1 Å². The SMILES string of the molecule is CCn1cc(-c2ccnc3[nH]ccc23)c(-c2ccc(NC(=O)CN3CCC(O)C3)cc2)n1. The highest BCUT2D eigenvalue weighted by Gasteiger charge is 2.22. The van der Waals surface area contributed by atoms with Crippen molar-refractivity contribution in [3.8, 4) is 22.4 Å². The number of nitrogens with zero attached hydrogens (tertiary/aromatic N) is 4. The summed E-state index contributed by atoms with van der Waals surface area (Å²) in [6.45, 7) is 4.43. The van der Waals surface area contributed by atoms with Crippen LogP contribution in [0, 0.1) is 0 Å². The molecule has 0 aliphatic carbocycles. The number of amides is 1. The number of rotatable bonds is 6. The quantitative estimate of drug-likeness (QED) is 0.437. The van der Waals surface area contributed by atoms with E-state index in [0.717, 1.165) is 58.6 Å². The maximum atomic E-state index is 12.4. The Morgan fingerprint density at radius 3 is 2.81 bits per heavy atom. The first-order chi connectivity index (χ1) is 15.6. The van der Waals surface area contributed by atoms with Gasteiger partial charge in [0.15, 0.2) is 0 Å². The molecule has 3 aromatic heterocycles. The molecule has 0 saturated carbocycles. The lowest BCUT2D eigenvalue weighted by Crippen LogP contribution is -2.32. The summed E-state index contributed by atoms with van der Waals surface area (Å²) in [6.07, 6.45) is 6.16. The second-order valence-electron chi connectivity index (χ2n) is 8.15. The van der Waals surface area contributed by atoms with E-state index in [2.05, 4.69) is 28.4 Å². The summed E-state index contributed by atoms with van der Waals surface area (Å²) in [4.78, 5) is 21.9. The molecular weight excluding hydrogens is 404 g/mol. The molecule has 1 atom stereocenters. The molecule has 1 aromatic carbocycles. The predicted octanol–water partition coefficient (Wildman–Crippen LogP) is 3.12. The van der Waals surface area contributed by atoms with Crippen LogP contribution in [-0.4, -0.2) is 61.4 Å². The van der Waals surface area contributed by atoms with E-state index in [1.807, 2.05) is 52.2 Å². The Hall–Kier alpha value is -3.49. The third-order valence-corrected chi connectivity index (χ3v) is 5.89. The van der Waals surface area contributed by atoms with E-state index in [4.69, 9.17) is 5.10 Å². The van der Waals surface area contributed by atoms with Gasteiger partial charge in [0.25, 0.3) is 0 Å². The highest BCUT2D eigenvalue weighted by atomic mass is 16.3. The van der Waals surface area contributed by atoms with Gasteiger partial charge in [-0.2, -0.15) is 5.10 Å². The zero-order valence-electron chi connectivity index (χ0n) is 18.0.